The van der Waals surface area contributed by atoms with Crippen molar-refractivity contribution in [3.63, 3.8) is 0 Å². The Labute approximate surface area is 187 Å². The number of hydrogen-bond donors (Lipinski definition) is 1. The topological polar surface area (TPSA) is 83.0 Å². The van der Waals surface area contributed by atoms with Gasteiger partial charge in [-0.1, -0.05) is 12.1 Å². The van der Waals surface area contributed by atoms with Crippen LogP contribution >= 0.6 is 0 Å². The van der Waals surface area contributed by atoms with Gasteiger partial charge in [0.25, 0.3) is 5.91 Å². The van der Waals surface area contributed by atoms with E-state index in [9.17, 15) is 22.4 Å². The summed E-state index contributed by atoms with van der Waals surface area (Å²) in [5.74, 6) is -2.29. The molecule has 2 aliphatic rings. The van der Waals surface area contributed by atoms with Crippen molar-refractivity contribution in [2.24, 2.45) is 0 Å². The molecule has 0 bridgehead atoms. The Morgan fingerprint density at radius 1 is 1.06 bits per heavy atom. The van der Waals surface area contributed by atoms with E-state index in [1.807, 2.05) is 18.2 Å². The molecule has 0 unspecified atom stereocenters. The molecule has 0 atom stereocenters. The van der Waals surface area contributed by atoms with Gasteiger partial charge in [0, 0.05) is 37.9 Å². The van der Waals surface area contributed by atoms with Gasteiger partial charge < -0.3 is 19.6 Å². The number of aliphatic carboxylic acids is 1. The van der Waals surface area contributed by atoms with Gasteiger partial charge in [-0.05, 0) is 43.2 Å². The molecule has 0 aliphatic carbocycles. The quantitative estimate of drug-likeness (QED) is 0.680. The first-order chi connectivity index (χ1) is 15.6. The first-order valence-corrected chi connectivity index (χ1v) is 10.2. The number of morpholine rings is 1. The van der Waals surface area contributed by atoms with Gasteiger partial charge in [0.1, 0.15) is 11.6 Å². The summed E-state index contributed by atoms with van der Waals surface area (Å²) in [4.78, 5) is 30.0. The number of benzene rings is 1. The molecular weight excluding hydrogens is 446 g/mol. The van der Waals surface area contributed by atoms with E-state index in [0.29, 0.717) is 25.3 Å². The highest BCUT2D eigenvalue weighted by atomic mass is 19.4. The minimum Gasteiger partial charge on any atom is -0.475 e. The smallest absolute Gasteiger partial charge is 0.475 e. The van der Waals surface area contributed by atoms with Gasteiger partial charge in [-0.25, -0.2) is 14.2 Å². The van der Waals surface area contributed by atoms with Gasteiger partial charge >= 0.3 is 12.1 Å². The SMILES string of the molecule is O=C(O)C(F)(F)F.O=C(c1cccc(F)c1)N1CCC2(CC1)CN(c1ccccn1)CCO2. The number of amides is 1. The second-order valence-corrected chi connectivity index (χ2v) is 7.75. The van der Waals surface area contributed by atoms with E-state index in [-0.39, 0.29) is 17.3 Å². The molecule has 2 aliphatic heterocycles. The summed E-state index contributed by atoms with van der Waals surface area (Å²) < 4.78 is 51.3. The molecule has 1 spiro atoms. The van der Waals surface area contributed by atoms with Crippen LogP contribution in [-0.4, -0.2) is 71.4 Å². The third-order valence-electron chi connectivity index (χ3n) is 5.50. The first-order valence-electron chi connectivity index (χ1n) is 10.2. The van der Waals surface area contributed by atoms with E-state index in [1.165, 1.54) is 12.1 Å². The Morgan fingerprint density at radius 2 is 1.76 bits per heavy atom. The summed E-state index contributed by atoms with van der Waals surface area (Å²) in [7, 11) is 0. The van der Waals surface area contributed by atoms with Crippen LogP contribution in [0.1, 0.15) is 23.2 Å². The Balaban J connectivity index is 0.000000383. The number of carboxylic acid groups (broad SMARTS) is 1. The highest BCUT2D eigenvalue weighted by Gasteiger charge is 2.41. The predicted molar refractivity (Wildman–Crippen MR) is 110 cm³/mol. The molecule has 2 saturated heterocycles. The maximum Gasteiger partial charge on any atom is 0.490 e. The summed E-state index contributed by atoms with van der Waals surface area (Å²) in [6.45, 7) is 3.50. The third-order valence-corrected chi connectivity index (χ3v) is 5.50. The molecule has 1 amide bonds. The monoisotopic (exact) mass is 469 g/mol. The van der Waals surface area contributed by atoms with E-state index in [2.05, 4.69) is 9.88 Å². The highest BCUT2D eigenvalue weighted by Crippen LogP contribution is 2.32. The Bertz CT molecular complexity index is 964. The molecule has 2 aromatic rings. The fraction of sp³-hybridized carbons (Fsp3) is 0.409. The van der Waals surface area contributed by atoms with E-state index < -0.39 is 12.1 Å². The molecule has 3 heterocycles. The number of piperidine rings is 1. The number of nitrogens with zero attached hydrogens (tertiary/aromatic N) is 3. The first kappa shape index (κ1) is 24.4. The number of carbonyl (C=O) groups is 2. The van der Waals surface area contributed by atoms with Crippen LogP contribution in [0.25, 0.3) is 0 Å². The Morgan fingerprint density at radius 3 is 2.33 bits per heavy atom. The number of carbonyl (C=O) groups excluding carboxylic acids is 1. The van der Waals surface area contributed by atoms with Crippen molar-refractivity contribution < 1.29 is 37.0 Å². The van der Waals surface area contributed by atoms with Gasteiger partial charge in [0.15, 0.2) is 0 Å². The maximum absolute atomic E-state index is 13.4. The third kappa shape index (κ3) is 6.41. The predicted octanol–water partition coefficient (Wildman–Crippen LogP) is 3.37. The van der Waals surface area contributed by atoms with E-state index >= 15 is 0 Å². The van der Waals surface area contributed by atoms with Crippen LogP contribution in [0.5, 0.6) is 0 Å². The summed E-state index contributed by atoms with van der Waals surface area (Å²) in [6.07, 6.45) is -1.73. The van der Waals surface area contributed by atoms with Gasteiger partial charge in [-0.3, -0.25) is 4.79 Å². The second-order valence-electron chi connectivity index (χ2n) is 7.75. The fourth-order valence-electron chi connectivity index (χ4n) is 3.81. The summed E-state index contributed by atoms with van der Waals surface area (Å²) in [5.41, 5.74) is 0.162. The van der Waals surface area contributed by atoms with E-state index in [1.54, 1.807) is 23.2 Å². The number of pyridine rings is 1. The van der Waals surface area contributed by atoms with Gasteiger partial charge in [0.05, 0.1) is 12.2 Å². The molecule has 178 valence electrons. The van der Waals surface area contributed by atoms with Crippen LogP contribution in [0, 0.1) is 5.82 Å². The van der Waals surface area contributed by atoms with Gasteiger partial charge in [0.2, 0.25) is 0 Å². The van der Waals surface area contributed by atoms with Crippen LogP contribution in [0.15, 0.2) is 48.7 Å². The van der Waals surface area contributed by atoms with Crippen LogP contribution in [0.2, 0.25) is 0 Å². The second kappa shape index (κ2) is 10.2. The van der Waals surface area contributed by atoms with Crippen molar-refractivity contribution in [2.75, 3.05) is 37.7 Å². The molecule has 0 saturated carbocycles. The zero-order chi connectivity index (χ0) is 24.1. The average molecular weight is 469 g/mol. The number of hydrogen-bond acceptors (Lipinski definition) is 5. The number of ether oxygens (including phenoxy) is 1. The van der Waals surface area contributed by atoms with E-state index in [4.69, 9.17) is 14.6 Å². The fourth-order valence-corrected chi connectivity index (χ4v) is 3.81. The van der Waals surface area contributed by atoms with Crippen molar-refractivity contribution in [3.05, 3.63) is 60.0 Å². The molecule has 1 N–H and O–H groups in total. The lowest BCUT2D eigenvalue weighted by atomic mass is 9.89. The molecule has 11 heteroatoms. The Kier molecular flexibility index (Phi) is 7.52. The molecule has 2 fully saturated rings. The number of alkyl halides is 3. The molecule has 1 aromatic heterocycles. The van der Waals surface area contributed by atoms with Crippen LogP contribution < -0.4 is 4.90 Å². The number of aromatic nitrogens is 1. The van der Waals surface area contributed by atoms with Crippen LogP contribution in [-0.2, 0) is 9.53 Å². The molecular formula is C22H23F4N3O4. The van der Waals surface area contributed by atoms with Crippen molar-refractivity contribution in [1.82, 2.24) is 9.88 Å². The van der Waals surface area contributed by atoms with E-state index in [0.717, 1.165) is 31.7 Å². The van der Waals surface area contributed by atoms with Crippen molar-refractivity contribution >= 4 is 17.7 Å². The molecule has 7 nitrogen and oxygen atoms in total. The largest absolute Gasteiger partial charge is 0.490 e. The highest BCUT2D eigenvalue weighted by molar-refractivity contribution is 5.94. The zero-order valence-electron chi connectivity index (χ0n) is 17.6. The number of carboxylic acids is 1. The standard InChI is InChI=1S/C20H22FN3O2.C2HF3O2/c21-17-5-3-4-16(14-17)19(25)23-10-7-20(8-11-23)15-24(12-13-26-20)18-6-1-2-9-22-18;3-2(4,5)1(6)7/h1-6,9,14H,7-8,10-13,15H2;(H,6,7). The number of likely N-dealkylation sites (tertiary alicyclic amines) is 1. The lowest BCUT2D eigenvalue weighted by Gasteiger charge is -2.47. The molecule has 0 radical (unpaired) electrons. The minimum atomic E-state index is -5.08. The summed E-state index contributed by atoms with van der Waals surface area (Å²) in [5, 5.41) is 7.12. The summed E-state index contributed by atoms with van der Waals surface area (Å²) in [6, 6.07) is 11.8. The Hall–Kier alpha value is -3.21. The van der Waals surface area contributed by atoms with Gasteiger partial charge in [-0.2, -0.15) is 13.2 Å². The normalized spacial score (nSPS) is 17.8. The van der Waals surface area contributed by atoms with Crippen molar-refractivity contribution in [1.29, 1.82) is 0 Å². The van der Waals surface area contributed by atoms with Crippen LogP contribution in [0.3, 0.4) is 0 Å². The summed E-state index contributed by atoms with van der Waals surface area (Å²) >= 11 is 0. The molecule has 1 aromatic carbocycles. The zero-order valence-corrected chi connectivity index (χ0v) is 17.6. The molecule has 33 heavy (non-hydrogen) atoms. The van der Waals surface area contributed by atoms with Crippen molar-refractivity contribution in [3.8, 4) is 0 Å². The van der Waals surface area contributed by atoms with Crippen molar-refractivity contribution in [2.45, 2.75) is 24.6 Å². The van der Waals surface area contributed by atoms with Crippen LogP contribution in [0.4, 0.5) is 23.4 Å². The number of rotatable bonds is 2. The minimum absolute atomic E-state index is 0.114. The lowest BCUT2D eigenvalue weighted by Crippen LogP contribution is -2.57. The molecule has 4 rings (SSSR count). The number of halogens is 4. The maximum atomic E-state index is 13.4. The lowest BCUT2D eigenvalue weighted by molar-refractivity contribution is -0.192. The average Bonchev–Trinajstić information content (AvgIpc) is 2.80. The van der Waals surface area contributed by atoms with Gasteiger partial charge in [-0.15, -0.1) is 0 Å². The number of anilines is 1.